The van der Waals surface area contributed by atoms with Crippen molar-refractivity contribution in [2.45, 2.75) is 32.5 Å². The summed E-state index contributed by atoms with van der Waals surface area (Å²) in [6, 6.07) is 4.86. The van der Waals surface area contributed by atoms with E-state index in [0.29, 0.717) is 6.54 Å². The lowest BCUT2D eigenvalue weighted by Gasteiger charge is -2.11. The van der Waals surface area contributed by atoms with Gasteiger partial charge >= 0.3 is 6.18 Å². The second-order valence-electron chi connectivity index (χ2n) is 4.49. The predicted octanol–water partition coefficient (Wildman–Crippen LogP) is 3.03. The number of alkyl halides is 3. The van der Waals surface area contributed by atoms with E-state index in [9.17, 15) is 18.0 Å². The van der Waals surface area contributed by atoms with Gasteiger partial charge < -0.3 is 10.6 Å². The maximum Gasteiger partial charge on any atom is 0.416 e. The van der Waals surface area contributed by atoms with Gasteiger partial charge in [0, 0.05) is 24.7 Å². The van der Waals surface area contributed by atoms with Crippen molar-refractivity contribution in [2.75, 3.05) is 11.9 Å². The van der Waals surface area contributed by atoms with Crippen molar-refractivity contribution >= 4 is 11.6 Å². The lowest BCUT2D eigenvalue weighted by atomic mass is 10.2. The van der Waals surface area contributed by atoms with Crippen LogP contribution in [0.5, 0.6) is 0 Å². The molecule has 106 valence electrons. The van der Waals surface area contributed by atoms with Gasteiger partial charge in [0.15, 0.2) is 0 Å². The summed E-state index contributed by atoms with van der Waals surface area (Å²) in [5.41, 5.74) is -0.616. The third-order valence-electron chi connectivity index (χ3n) is 2.38. The molecule has 0 bridgehead atoms. The summed E-state index contributed by atoms with van der Waals surface area (Å²) in [5, 5.41) is 5.51. The van der Waals surface area contributed by atoms with Crippen LogP contribution < -0.4 is 10.6 Å². The van der Waals surface area contributed by atoms with Crippen LogP contribution in [-0.4, -0.2) is 18.5 Å². The van der Waals surface area contributed by atoms with E-state index in [1.54, 1.807) is 0 Å². The van der Waals surface area contributed by atoms with Crippen LogP contribution in [0, 0.1) is 0 Å². The van der Waals surface area contributed by atoms with Crippen LogP contribution >= 0.6 is 0 Å². The molecule has 3 nitrogen and oxygen atoms in total. The summed E-state index contributed by atoms with van der Waals surface area (Å²) in [4.78, 5) is 11.5. The molecule has 0 aliphatic heterocycles. The van der Waals surface area contributed by atoms with E-state index in [0.717, 1.165) is 12.1 Å². The first-order chi connectivity index (χ1) is 8.79. The van der Waals surface area contributed by atoms with Crippen LogP contribution in [0.2, 0.25) is 0 Å². The maximum atomic E-state index is 12.5. The largest absolute Gasteiger partial charge is 0.416 e. The number of benzene rings is 1. The molecule has 0 aliphatic rings. The molecular weight excluding hydrogens is 257 g/mol. The molecule has 0 fully saturated rings. The number of nitrogens with one attached hydrogen (secondary N) is 2. The number of carbonyl (C=O) groups is 1. The zero-order valence-electron chi connectivity index (χ0n) is 10.8. The molecule has 0 heterocycles. The van der Waals surface area contributed by atoms with Crippen LogP contribution in [0.1, 0.15) is 25.8 Å². The number of rotatable bonds is 5. The Labute approximate surface area is 110 Å². The van der Waals surface area contributed by atoms with Gasteiger partial charge in [0.25, 0.3) is 0 Å². The van der Waals surface area contributed by atoms with Crippen molar-refractivity contribution < 1.29 is 18.0 Å². The van der Waals surface area contributed by atoms with Crippen LogP contribution in [0.3, 0.4) is 0 Å². The van der Waals surface area contributed by atoms with Gasteiger partial charge in [-0.1, -0.05) is 19.9 Å². The molecule has 1 aromatic carbocycles. The van der Waals surface area contributed by atoms with E-state index in [1.165, 1.54) is 12.1 Å². The molecule has 2 N–H and O–H groups in total. The van der Waals surface area contributed by atoms with Gasteiger partial charge in [-0.05, 0) is 18.2 Å². The van der Waals surface area contributed by atoms with E-state index < -0.39 is 11.7 Å². The Bertz CT molecular complexity index is 430. The standard InChI is InChI=1S/C13H17F3N2O/c1-9(2)17-7-6-12(19)18-11-5-3-4-10(8-11)13(14,15)16/h3-5,8-9,17H,6-7H2,1-2H3,(H,18,19). The molecule has 0 aromatic heterocycles. The molecule has 0 saturated carbocycles. The monoisotopic (exact) mass is 274 g/mol. The Morgan fingerprint density at radius 3 is 2.58 bits per heavy atom. The Kier molecular flexibility index (Phi) is 5.35. The van der Waals surface area contributed by atoms with E-state index >= 15 is 0 Å². The van der Waals surface area contributed by atoms with E-state index in [4.69, 9.17) is 0 Å². The summed E-state index contributed by atoms with van der Waals surface area (Å²) in [7, 11) is 0. The quantitative estimate of drug-likeness (QED) is 0.866. The fraction of sp³-hybridized carbons (Fsp3) is 0.462. The number of halogens is 3. The molecule has 6 heteroatoms. The number of amides is 1. The molecule has 19 heavy (non-hydrogen) atoms. The van der Waals surface area contributed by atoms with E-state index in [-0.39, 0.29) is 24.1 Å². The third kappa shape index (κ3) is 5.74. The molecule has 1 amide bonds. The third-order valence-corrected chi connectivity index (χ3v) is 2.38. The van der Waals surface area contributed by atoms with E-state index in [1.807, 2.05) is 13.8 Å². The van der Waals surface area contributed by atoms with Gasteiger partial charge in [-0.15, -0.1) is 0 Å². The first kappa shape index (κ1) is 15.5. The Morgan fingerprint density at radius 2 is 2.00 bits per heavy atom. The number of carbonyl (C=O) groups excluding carboxylic acids is 1. The number of hydrogen-bond donors (Lipinski definition) is 2. The predicted molar refractivity (Wildman–Crippen MR) is 67.8 cm³/mol. The highest BCUT2D eigenvalue weighted by molar-refractivity contribution is 5.90. The Morgan fingerprint density at radius 1 is 1.32 bits per heavy atom. The zero-order valence-corrected chi connectivity index (χ0v) is 10.8. The summed E-state index contributed by atoms with van der Waals surface area (Å²) in [5.74, 6) is -0.313. The normalized spacial score (nSPS) is 11.7. The fourth-order valence-corrected chi connectivity index (χ4v) is 1.47. The molecular formula is C13H17F3N2O. The van der Waals surface area contributed by atoms with Crippen LogP contribution in [0.4, 0.5) is 18.9 Å². The van der Waals surface area contributed by atoms with Gasteiger partial charge in [-0.2, -0.15) is 13.2 Å². The summed E-state index contributed by atoms with van der Waals surface area (Å²) in [6.45, 7) is 4.39. The maximum absolute atomic E-state index is 12.5. The highest BCUT2D eigenvalue weighted by atomic mass is 19.4. The second-order valence-corrected chi connectivity index (χ2v) is 4.49. The average Bonchev–Trinajstić information content (AvgIpc) is 2.27. The topological polar surface area (TPSA) is 41.1 Å². The molecule has 0 unspecified atom stereocenters. The highest BCUT2D eigenvalue weighted by Gasteiger charge is 2.30. The summed E-state index contributed by atoms with van der Waals surface area (Å²) in [6.07, 6.45) is -4.19. The Hall–Kier alpha value is -1.56. The van der Waals surface area contributed by atoms with Crippen LogP contribution in [0.15, 0.2) is 24.3 Å². The summed E-state index contributed by atoms with van der Waals surface area (Å²) < 4.78 is 37.4. The number of anilines is 1. The molecule has 0 atom stereocenters. The van der Waals surface area contributed by atoms with Gasteiger partial charge in [0.2, 0.25) is 5.91 Å². The lowest BCUT2D eigenvalue weighted by molar-refractivity contribution is -0.137. The van der Waals surface area contributed by atoms with Gasteiger partial charge in [-0.3, -0.25) is 4.79 Å². The molecule has 0 aliphatic carbocycles. The lowest BCUT2D eigenvalue weighted by Crippen LogP contribution is -2.27. The smallest absolute Gasteiger partial charge is 0.326 e. The van der Waals surface area contributed by atoms with Crippen molar-refractivity contribution in [3.8, 4) is 0 Å². The molecule has 1 rings (SSSR count). The average molecular weight is 274 g/mol. The summed E-state index contributed by atoms with van der Waals surface area (Å²) >= 11 is 0. The van der Waals surface area contributed by atoms with Crippen molar-refractivity contribution in [3.05, 3.63) is 29.8 Å². The van der Waals surface area contributed by atoms with E-state index in [2.05, 4.69) is 10.6 Å². The minimum atomic E-state index is -4.40. The fourth-order valence-electron chi connectivity index (χ4n) is 1.47. The molecule has 1 aromatic rings. The molecule has 0 spiro atoms. The minimum absolute atomic E-state index is 0.157. The highest BCUT2D eigenvalue weighted by Crippen LogP contribution is 2.30. The first-order valence-electron chi connectivity index (χ1n) is 5.99. The molecule has 0 saturated heterocycles. The Balaban J connectivity index is 2.55. The minimum Gasteiger partial charge on any atom is -0.326 e. The van der Waals surface area contributed by atoms with Crippen molar-refractivity contribution in [1.29, 1.82) is 0 Å². The van der Waals surface area contributed by atoms with Gasteiger partial charge in [0.1, 0.15) is 0 Å². The van der Waals surface area contributed by atoms with Crippen molar-refractivity contribution in [2.24, 2.45) is 0 Å². The zero-order chi connectivity index (χ0) is 14.5. The van der Waals surface area contributed by atoms with Crippen LogP contribution in [-0.2, 0) is 11.0 Å². The van der Waals surface area contributed by atoms with Crippen LogP contribution in [0.25, 0.3) is 0 Å². The number of hydrogen-bond acceptors (Lipinski definition) is 2. The van der Waals surface area contributed by atoms with Crippen molar-refractivity contribution in [3.63, 3.8) is 0 Å². The van der Waals surface area contributed by atoms with Gasteiger partial charge in [0.05, 0.1) is 5.56 Å². The molecule has 0 radical (unpaired) electrons. The van der Waals surface area contributed by atoms with Gasteiger partial charge in [-0.25, -0.2) is 0 Å². The van der Waals surface area contributed by atoms with Crippen molar-refractivity contribution in [1.82, 2.24) is 5.32 Å². The first-order valence-corrected chi connectivity index (χ1v) is 5.99. The second kappa shape index (κ2) is 6.56. The SMILES string of the molecule is CC(C)NCCC(=O)Nc1cccc(C(F)(F)F)c1.